The molecule has 0 atom stereocenters. The molecule has 0 aromatic heterocycles. The second-order valence-corrected chi connectivity index (χ2v) is 1.50. The van der Waals surface area contributed by atoms with Gasteiger partial charge in [0, 0.05) is 20.9 Å². The molecule has 0 aliphatic rings. The molecule has 14 heavy (non-hydrogen) atoms. The van der Waals surface area contributed by atoms with Crippen molar-refractivity contribution in [3.8, 4) is 0 Å². The van der Waals surface area contributed by atoms with Crippen molar-refractivity contribution in [1.82, 2.24) is 5.32 Å². The van der Waals surface area contributed by atoms with Crippen LogP contribution in [0.15, 0.2) is 0 Å². The van der Waals surface area contributed by atoms with Gasteiger partial charge in [-0.3, -0.25) is 9.59 Å². The maximum Gasteiger partial charge on any atom is 0.302 e. The molecule has 0 saturated carbocycles. The molecule has 0 saturated heterocycles. The molecule has 0 unspecified atom stereocenters. The summed E-state index contributed by atoms with van der Waals surface area (Å²) in [6.45, 7) is 2.83. The molecule has 0 aliphatic carbocycles. The van der Waals surface area contributed by atoms with E-state index >= 15 is 0 Å². The molecular formula is C10H29NO3. The fourth-order valence-corrected chi connectivity index (χ4v) is 0. The smallest absolute Gasteiger partial charge is 0.302 e. The number of ether oxygens (including phenoxy) is 1. The molecule has 92 valence electrons. The van der Waals surface area contributed by atoms with E-state index in [1.807, 2.05) is 0 Å². The van der Waals surface area contributed by atoms with E-state index in [0.717, 1.165) is 0 Å². The molecule has 0 aliphatic heterocycles. The third-order valence-electron chi connectivity index (χ3n) is 0.640. The molecule has 0 fully saturated rings. The number of carbonyl (C=O) groups excluding carboxylic acids is 2. The monoisotopic (exact) mass is 211 g/mol. The van der Waals surface area contributed by atoms with E-state index in [1.165, 1.54) is 21.0 Å². The Morgan fingerprint density at radius 3 is 1.14 bits per heavy atom. The van der Waals surface area contributed by atoms with Crippen molar-refractivity contribution >= 4 is 11.9 Å². The van der Waals surface area contributed by atoms with Crippen LogP contribution in [-0.4, -0.2) is 26.0 Å². The lowest BCUT2D eigenvalue weighted by Crippen LogP contribution is -2.11. The Hall–Kier alpha value is -1.06. The number of esters is 1. The molecule has 0 spiro atoms. The summed E-state index contributed by atoms with van der Waals surface area (Å²) < 4.78 is 4.11. The lowest BCUT2D eigenvalue weighted by atomic mass is 10.7. The lowest BCUT2D eigenvalue weighted by molar-refractivity contribution is -0.137. The number of hydrogen-bond acceptors (Lipinski definition) is 3. The first-order valence-electron chi connectivity index (χ1n) is 2.77. The summed E-state index contributed by atoms with van der Waals surface area (Å²) in [6, 6.07) is 0. The second-order valence-electron chi connectivity index (χ2n) is 1.50. The van der Waals surface area contributed by atoms with Crippen molar-refractivity contribution < 1.29 is 14.3 Å². The minimum absolute atomic E-state index is 0. The van der Waals surface area contributed by atoms with Gasteiger partial charge in [0.2, 0.25) is 5.91 Å². The minimum atomic E-state index is -0.245. The van der Waals surface area contributed by atoms with Crippen molar-refractivity contribution in [2.75, 3.05) is 14.2 Å². The zero-order valence-corrected chi connectivity index (χ0v) is 6.72. The zero-order valence-electron chi connectivity index (χ0n) is 6.72. The van der Waals surface area contributed by atoms with Crippen molar-refractivity contribution in [3.63, 3.8) is 0 Å². The van der Waals surface area contributed by atoms with Crippen molar-refractivity contribution in [3.05, 3.63) is 0 Å². The maximum absolute atomic E-state index is 9.70. The summed E-state index contributed by atoms with van der Waals surface area (Å²) in [5.74, 6) is -0.241. The van der Waals surface area contributed by atoms with Gasteiger partial charge >= 0.3 is 5.97 Å². The largest absolute Gasteiger partial charge is 0.469 e. The van der Waals surface area contributed by atoms with Crippen LogP contribution in [0, 0.1) is 0 Å². The first-order chi connectivity index (χ1) is 4.54. The number of carbonyl (C=O) groups is 2. The summed E-state index contributed by atoms with van der Waals surface area (Å²) in [5, 5.41) is 2.39. The van der Waals surface area contributed by atoms with Gasteiger partial charge in [-0.25, -0.2) is 0 Å². The Morgan fingerprint density at radius 1 is 1.00 bits per heavy atom. The molecule has 0 aromatic rings. The summed E-state index contributed by atoms with van der Waals surface area (Å²) in [7, 11) is 2.95. The van der Waals surface area contributed by atoms with Gasteiger partial charge in [0.25, 0.3) is 0 Å². The van der Waals surface area contributed by atoms with Crippen molar-refractivity contribution in [1.29, 1.82) is 0 Å². The van der Waals surface area contributed by atoms with E-state index in [9.17, 15) is 9.59 Å². The number of methoxy groups -OCH3 is 1. The van der Waals surface area contributed by atoms with E-state index in [-0.39, 0.29) is 41.6 Å². The number of amides is 1. The van der Waals surface area contributed by atoms with Crippen LogP contribution in [0.4, 0.5) is 0 Å². The highest BCUT2D eigenvalue weighted by Crippen LogP contribution is 1.60. The van der Waals surface area contributed by atoms with Crippen molar-refractivity contribution in [2.24, 2.45) is 0 Å². The van der Waals surface area contributed by atoms with Gasteiger partial charge in [-0.1, -0.05) is 29.7 Å². The maximum atomic E-state index is 9.70. The van der Waals surface area contributed by atoms with E-state index in [0.29, 0.717) is 0 Å². The third kappa shape index (κ3) is 125. The van der Waals surface area contributed by atoms with E-state index in [4.69, 9.17) is 0 Å². The minimum Gasteiger partial charge on any atom is -0.469 e. The third-order valence-corrected chi connectivity index (χ3v) is 0.640. The summed E-state index contributed by atoms with van der Waals surface area (Å²) >= 11 is 0. The fourth-order valence-electron chi connectivity index (χ4n) is 0. The van der Waals surface area contributed by atoms with Gasteiger partial charge in [-0.05, 0) is 0 Å². The van der Waals surface area contributed by atoms with E-state index < -0.39 is 0 Å². The van der Waals surface area contributed by atoms with Crippen LogP contribution < -0.4 is 5.32 Å². The Bertz CT molecular complexity index is 99.9. The van der Waals surface area contributed by atoms with Gasteiger partial charge in [0.05, 0.1) is 7.11 Å². The Balaban J connectivity index is -0.0000000178. The summed E-state index contributed by atoms with van der Waals surface area (Å²) in [5.41, 5.74) is 0. The van der Waals surface area contributed by atoms with Crippen molar-refractivity contribution in [2.45, 2.75) is 43.6 Å². The molecular weight excluding hydrogens is 182 g/mol. The quantitative estimate of drug-likeness (QED) is 0.626. The first-order valence-corrected chi connectivity index (χ1v) is 2.77. The molecule has 0 aromatic carbocycles. The molecule has 1 N–H and O–H groups in total. The van der Waals surface area contributed by atoms with Crippen LogP contribution in [0.3, 0.4) is 0 Å². The SMILES string of the molecule is C.C.C.C.CNC(C)=O.COC(C)=O. The van der Waals surface area contributed by atoms with Crippen LogP contribution in [-0.2, 0) is 14.3 Å². The van der Waals surface area contributed by atoms with Crippen LogP contribution in [0.1, 0.15) is 43.6 Å². The second kappa shape index (κ2) is 29.7. The molecule has 1 amide bonds. The van der Waals surface area contributed by atoms with Crippen LogP contribution >= 0.6 is 0 Å². The normalized spacial score (nSPS) is 4.86. The molecule has 0 radical (unpaired) electrons. The Morgan fingerprint density at radius 2 is 1.14 bits per heavy atom. The van der Waals surface area contributed by atoms with Crippen LogP contribution in [0.2, 0.25) is 0 Å². The molecule has 0 heterocycles. The van der Waals surface area contributed by atoms with E-state index in [2.05, 4.69) is 10.1 Å². The number of rotatable bonds is 0. The lowest BCUT2D eigenvalue weighted by Gasteiger charge is -1.80. The zero-order chi connectivity index (χ0) is 8.57. The highest BCUT2D eigenvalue weighted by molar-refractivity contribution is 5.72. The molecule has 0 rings (SSSR count). The van der Waals surface area contributed by atoms with E-state index in [1.54, 1.807) is 7.05 Å². The Kier molecular flexibility index (Phi) is 81.2. The first kappa shape index (κ1) is 38.3. The van der Waals surface area contributed by atoms with Crippen LogP contribution in [0.25, 0.3) is 0 Å². The topological polar surface area (TPSA) is 55.4 Å². The predicted molar refractivity (Wildman–Crippen MR) is 64.4 cm³/mol. The predicted octanol–water partition coefficient (Wildman–Crippen LogP) is 2.48. The average Bonchev–Trinajstić information content (AvgIpc) is 1.89. The van der Waals surface area contributed by atoms with Gasteiger partial charge in [-0.15, -0.1) is 0 Å². The molecule has 0 bridgehead atoms. The summed E-state index contributed by atoms with van der Waals surface area (Å²) in [4.78, 5) is 19.3. The standard InChI is InChI=1S/C3H7NO.C3H6O2.4CH4/c1-3(5)4-2;1-3(4)5-2;;;;/h1-2H3,(H,4,5);1-2H3;4*1H4. The van der Waals surface area contributed by atoms with Gasteiger partial charge in [-0.2, -0.15) is 0 Å². The fraction of sp³-hybridized carbons (Fsp3) is 0.800. The Labute approximate surface area is 90.0 Å². The van der Waals surface area contributed by atoms with Gasteiger partial charge in [0.1, 0.15) is 0 Å². The number of hydrogen-bond donors (Lipinski definition) is 1. The highest BCUT2D eigenvalue weighted by atomic mass is 16.5. The van der Waals surface area contributed by atoms with Gasteiger partial charge < -0.3 is 10.1 Å². The molecule has 4 nitrogen and oxygen atoms in total. The average molecular weight is 211 g/mol. The highest BCUT2D eigenvalue weighted by Gasteiger charge is 1.75. The summed E-state index contributed by atoms with van der Waals surface area (Å²) in [6.07, 6.45) is 0. The van der Waals surface area contributed by atoms with Crippen LogP contribution in [0.5, 0.6) is 0 Å². The van der Waals surface area contributed by atoms with Gasteiger partial charge in [0.15, 0.2) is 0 Å². The molecule has 4 heteroatoms. The number of nitrogens with one attached hydrogen (secondary N) is 1.